The maximum absolute atomic E-state index is 6.02. The SMILES string of the molecule is CC/C(=N\C(Cl)=N/C(C)C)N1CCOC[C@@H]1C. The molecule has 0 aliphatic carbocycles. The van der Waals surface area contributed by atoms with E-state index < -0.39 is 0 Å². The lowest BCUT2D eigenvalue weighted by atomic mass is 10.2. The molecule has 1 atom stereocenters. The van der Waals surface area contributed by atoms with Crippen molar-refractivity contribution in [1.82, 2.24) is 4.90 Å². The molecule has 0 amide bonds. The van der Waals surface area contributed by atoms with Crippen LogP contribution in [0.1, 0.15) is 34.1 Å². The molecule has 0 aromatic carbocycles. The summed E-state index contributed by atoms with van der Waals surface area (Å²) in [7, 11) is 0. The van der Waals surface area contributed by atoms with Gasteiger partial charge in [0.25, 0.3) is 0 Å². The molecule has 0 spiro atoms. The first-order chi connectivity index (χ1) is 8.04. The number of amidine groups is 2. The molecule has 1 heterocycles. The van der Waals surface area contributed by atoms with Gasteiger partial charge in [-0.2, -0.15) is 0 Å². The highest BCUT2D eigenvalue weighted by atomic mass is 35.5. The van der Waals surface area contributed by atoms with E-state index in [9.17, 15) is 0 Å². The second-order valence-electron chi connectivity index (χ2n) is 4.49. The zero-order valence-electron chi connectivity index (χ0n) is 11.1. The average Bonchev–Trinajstić information content (AvgIpc) is 2.26. The summed E-state index contributed by atoms with van der Waals surface area (Å²) in [5.41, 5.74) is 0. The van der Waals surface area contributed by atoms with Crippen molar-refractivity contribution in [2.75, 3.05) is 19.8 Å². The molecule has 0 saturated carbocycles. The third-order valence-electron chi connectivity index (χ3n) is 2.60. The fraction of sp³-hybridized carbons (Fsp3) is 0.833. The summed E-state index contributed by atoms with van der Waals surface area (Å²) >= 11 is 6.02. The van der Waals surface area contributed by atoms with Gasteiger partial charge in [-0.05, 0) is 32.4 Å². The van der Waals surface area contributed by atoms with Gasteiger partial charge in [0.1, 0.15) is 5.84 Å². The van der Waals surface area contributed by atoms with E-state index in [1.165, 1.54) is 0 Å². The topological polar surface area (TPSA) is 37.2 Å². The quantitative estimate of drug-likeness (QED) is 0.434. The van der Waals surface area contributed by atoms with E-state index in [2.05, 4.69) is 28.7 Å². The molecule has 4 nitrogen and oxygen atoms in total. The normalized spacial score (nSPS) is 23.4. The fourth-order valence-electron chi connectivity index (χ4n) is 1.81. The molecule has 1 saturated heterocycles. The second-order valence-corrected chi connectivity index (χ2v) is 4.83. The van der Waals surface area contributed by atoms with Crippen molar-refractivity contribution in [1.29, 1.82) is 0 Å². The van der Waals surface area contributed by atoms with Crippen LogP contribution in [0.2, 0.25) is 0 Å². The first-order valence-electron chi connectivity index (χ1n) is 6.19. The molecular weight excluding hydrogens is 238 g/mol. The summed E-state index contributed by atoms with van der Waals surface area (Å²) in [6, 6.07) is 0.525. The van der Waals surface area contributed by atoms with Crippen molar-refractivity contribution in [2.24, 2.45) is 9.98 Å². The number of aliphatic imine (C=N–C) groups is 2. The summed E-state index contributed by atoms with van der Waals surface area (Å²) in [6.07, 6.45) is 0.855. The number of ether oxygens (including phenoxy) is 1. The lowest BCUT2D eigenvalue weighted by molar-refractivity contribution is 0.0325. The van der Waals surface area contributed by atoms with Crippen LogP contribution in [0.5, 0.6) is 0 Å². The van der Waals surface area contributed by atoms with Gasteiger partial charge in [-0.25, -0.2) is 4.99 Å². The summed E-state index contributed by atoms with van der Waals surface area (Å²) in [6.45, 7) is 10.6. The van der Waals surface area contributed by atoms with Crippen molar-refractivity contribution < 1.29 is 4.74 Å². The highest BCUT2D eigenvalue weighted by molar-refractivity contribution is 6.65. The van der Waals surface area contributed by atoms with Gasteiger partial charge >= 0.3 is 0 Å². The van der Waals surface area contributed by atoms with Crippen LogP contribution in [0.25, 0.3) is 0 Å². The molecule has 0 radical (unpaired) electrons. The van der Waals surface area contributed by atoms with Gasteiger partial charge in [-0.1, -0.05) is 6.92 Å². The van der Waals surface area contributed by atoms with E-state index >= 15 is 0 Å². The fourth-order valence-corrected chi connectivity index (χ4v) is 2.10. The van der Waals surface area contributed by atoms with Crippen molar-refractivity contribution in [3.8, 4) is 0 Å². The van der Waals surface area contributed by atoms with Crippen molar-refractivity contribution in [2.45, 2.75) is 46.2 Å². The molecule has 0 N–H and O–H groups in total. The first-order valence-corrected chi connectivity index (χ1v) is 6.57. The molecule has 1 fully saturated rings. The van der Waals surface area contributed by atoms with E-state index in [4.69, 9.17) is 16.3 Å². The summed E-state index contributed by atoms with van der Waals surface area (Å²) in [5, 5.41) is 0.343. The Morgan fingerprint density at radius 1 is 1.53 bits per heavy atom. The zero-order chi connectivity index (χ0) is 12.8. The maximum Gasteiger partial charge on any atom is 0.219 e. The van der Waals surface area contributed by atoms with Crippen LogP contribution in [0, 0.1) is 0 Å². The van der Waals surface area contributed by atoms with Crippen LogP contribution in [0.3, 0.4) is 0 Å². The Balaban J connectivity index is 2.78. The Kier molecular flexibility index (Phi) is 5.92. The van der Waals surface area contributed by atoms with Crippen LogP contribution in [-0.2, 0) is 4.74 Å². The predicted molar refractivity (Wildman–Crippen MR) is 73.1 cm³/mol. The Hall–Kier alpha value is -0.610. The highest BCUT2D eigenvalue weighted by Gasteiger charge is 2.21. The van der Waals surface area contributed by atoms with Gasteiger partial charge < -0.3 is 9.64 Å². The molecule has 0 bridgehead atoms. The number of hydrogen-bond acceptors (Lipinski definition) is 2. The smallest absolute Gasteiger partial charge is 0.219 e. The highest BCUT2D eigenvalue weighted by Crippen LogP contribution is 2.10. The third-order valence-corrected chi connectivity index (χ3v) is 2.78. The van der Waals surface area contributed by atoms with Gasteiger partial charge in [-0.15, -0.1) is 0 Å². The predicted octanol–water partition coefficient (Wildman–Crippen LogP) is 2.52. The summed E-state index contributed by atoms with van der Waals surface area (Å²) in [5.74, 6) is 0.996. The Bertz CT molecular complexity index is 302. The van der Waals surface area contributed by atoms with E-state index in [-0.39, 0.29) is 6.04 Å². The van der Waals surface area contributed by atoms with Crippen LogP contribution >= 0.6 is 11.6 Å². The molecule has 0 unspecified atom stereocenters. The molecule has 1 aliphatic rings. The molecule has 98 valence electrons. The minimum Gasteiger partial charge on any atom is -0.377 e. The molecule has 0 aromatic rings. The average molecular weight is 260 g/mol. The van der Waals surface area contributed by atoms with Crippen molar-refractivity contribution >= 4 is 22.7 Å². The van der Waals surface area contributed by atoms with Gasteiger partial charge in [-0.3, -0.25) is 4.99 Å². The number of halogens is 1. The van der Waals surface area contributed by atoms with Crippen LogP contribution < -0.4 is 0 Å². The lowest BCUT2D eigenvalue weighted by Gasteiger charge is -2.35. The number of morpholine rings is 1. The molecule has 1 rings (SSSR count). The Morgan fingerprint density at radius 2 is 2.24 bits per heavy atom. The molecule has 1 aliphatic heterocycles. The van der Waals surface area contributed by atoms with Crippen LogP contribution in [0.4, 0.5) is 0 Å². The maximum atomic E-state index is 6.02. The van der Waals surface area contributed by atoms with E-state index in [1.807, 2.05) is 13.8 Å². The third kappa shape index (κ3) is 4.64. The standard InChI is InChI=1S/C12H22ClN3O/c1-5-11(15-12(13)14-9(2)3)16-6-7-17-8-10(16)4/h9-10H,5-8H2,1-4H3/b14-12-,15-11+/t10-/m0/s1. The molecule has 17 heavy (non-hydrogen) atoms. The minimum absolute atomic E-state index is 0.173. The first kappa shape index (κ1) is 14.5. The van der Waals surface area contributed by atoms with E-state index in [0.29, 0.717) is 11.3 Å². The monoisotopic (exact) mass is 259 g/mol. The summed E-state index contributed by atoms with van der Waals surface area (Å²) < 4.78 is 5.42. The second kappa shape index (κ2) is 6.97. The lowest BCUT2D eigenvalue weighted by Crippen LogP contribution is -2.47. The van der Waals surface area contributed by atoms with Crippen LogP contribution in [-0.4, -0.2) is 47.9 Å². The van der Waals surface area contributed by atoms with Crippen LogP contribution in [0.15, 0.2) is 9.98 Å². The number of nitrogens with zero attached hydrogens (tertiary/aromatic N) is 3. The van der Waals surface area contributed by atoms with Gasteiger partial charge in [0.2, 0.25) is 5.29 Å². The number of rotatable bonds is 2. The van der Waals surface area contributed by atoms with Gasteiger partial charge in [0.05, 0.1) is 19.3 Å². The molecular formula is C12H22ClN3O. The summed E-state index contributed by atoms with van der Waals surface area (Å²) in [4.78, 5) is 10.9. The van der Waals surface area contributed by atoms with Crippen molar-refractivity contribution in [3.05, 3.63) is 0 Å². The molecule has 0 aromatic heterocycles. The van der Waals surface area contributed by atoms with Crippen molar-refractivity contribution in [3.63, 3.8) is 0 Å². The van der Waals surface area contributed by atoms with E-state index in [0.717, 1.165) is 32.0 Å². The molecule has 5 heteroatoms. The minimum atomic E-state index is 0.173. The van der Waals surface area contributed by atoms with Gasteiger partial charge in [0, 0.05) is 19.0 Å². The number of hydrogen-bond donors (Lipinski definition) is 0. The Labute approximate surface area is 109 Å². The van der Waals surface area contributed by atoms with Gasteiger partial charge in [0.15, 0.2) is 0 Å². The Morgan fingerprint density at radius 3 is 2.76 bits per heavy atom. The zero-order valence-corrected chi connectivity index (χ0v) is 11.9. The van der Waals surface area contributed by atoms with E-state index in [1.54, 1.807) is 0 Å². The largest absolute Gasteiger partial charge is 0.377 e.